The maximum absolute atomic E-state index is 12.7. The standard InChI is InChI=1S/C24H33N3O5/c1-6-12-27(17(2)24(29)26-19-10-8-7-9-11-19)16-22(28)25-15-18-13-20(30-3)23(32-5)21(14-18)31-4/h7-11,13-14,17H,6,12,15-16H2,1-5H3,(H,25,28)(H,26,29). The van der Waals surface area contributed by atoms with Gasteiger partial charge in [-0.25, -0.2) is 0 Å². The van der Waals surface area contributed by atoms with Gasteiger partial charge in [0.15, 0.2) is 11.5 Å². The van der Waals surface area contributed by atoms with Crippen LogP contribution in [0.3, 0.4) is 0 Å². The first-order valence-corrected chi connectivity index (χ1v) is 10.6. The highest BCUT2D eigenvalue weighted by Crippen LogP contribution is 2.38. The van der Waals surface area contributed by atoms with E-state index in [0.717, 1.165) is 17.7 Å². The minimum atomic E-state index is -0.456. The quantitative estimate of drug-likeness (QED) is 0.524. The van der Waals surface area contributed by atoms with Crippen LogP contribution in [0.4, 0.5) is 5.69 Å². The van der Waals surface area contributed by atoms with E-state index in [1.54, 1.807) is 40.4 Å². The summed E-state index contributed by atoms with van der Waals surface area (Å²) in [6, 6.07) is 12.4. The number of para-hydroxylation sites is 1. The molecule has 0 bridgehead atoms. The van der Waals surface area contributed by atoms with E-state index < -0.39 is 6.04 Å². The van der Waals surface area contributed by atoms with E-state index in [2.05, 4.69) is 10.6 Å². The first-order valence-electron chi connectivity index (χ1n) is 10.6. The van der Waals surface area contributed by atoms with Gasteiger partial charge in [-0.2, -0.15) is 0 Å². The fraction of sp³-hybridized carbons (Fsp3) is 0.417. The molecule has 0 radical (unpaired) electrons. The van der Waals surface area contributed by atoms with E-state index in [1.807, 2.05) is 42.2 Å². The normalized spacial score (nSPS) is 11.6. The summed E-state index contributed by atoms with van der Waals surface area (Å²) in [5.41, 5.74) is 1.54. The SMILES string of the molecule is CCCN(CC(=O)NCc1cc(OC)c(OC)c(OC)c1)C(C)C(=O)Nc1ccccc1. The van der Waals surface area contributed by atoms with Gasteiger partial charge in [-0.15, -0.1) is 0 Å². The summed E-state index contributed by atoms with van der Waals surface area (Å²) in [4.78, 5) is 27.2. The van der Waals surface area contributed by atoms with Gasteiger partial charge < -0.3 is 24.8 Å². The molecule has 1 unspecified atom stereocenters. The molecule has 1 atom stereocenters. The number of amides is 2. The lowest BCUT2D eigenvalue weighted by atomic mass is 10.1. The summed E-state index contributed by atoms with van der Waals surface area (Å²) in [6.07, 6.45) is 0.823. The van der Waals surface area contributed by atoms with Crippen molar-refractivity contribution in [3.8, 4) is 17.2 Å². The third-order valence-electron chi connectivity index (χ3n) is 5.04. The van der Waals surface area contributed by atoms with Crippen molar-refractivity contribution in [1.82, 2.24) is 10.2 Å². The molecule has 0 spiro atoms. The molecule has 0 aliphatic carbocycles. The first kappa shape index (κ1) is 25.0. The van der Waals surface area contributed by atoms with Crippen LogP contribution in [-0.2, 0) is 16.1 Å². The highest BCUT2D eigenvalue weighted by molar-refractivity contribution is 5.94. The Kier molecular flexibility index (Phi) is 9.81. The van der Waals surface area contributed by atoms with Crippen molar-refractivity contribution in [1.29, 1.82) is 0 Å². The lowest BCUT2D eigenvalue weighted by molar-refractivity contribution is -0.125. The summed E-state index contributed by atoms with van der Waals surface area (Å²) in [7, 11) is 4.63. The summed E-state index contributed by atoms with van der Waals surface area (Å²) in [5.74, 6) is 1.22. The predicted molar refractivity (Wildman–Crippen MR) is 124 cm³/mol. The topological polar surface area (TPSA) is 89.1 Å². The van der Waals surface area contributed by atoms with Crippen molar-refractivity contribution in [2.24, 2.45) is 0 Å². The minimum Gasteiger partial charge on any atom is -0.493 e. The van der Waals surface area contributed by atoms with Crippen molar-refractivity contribution in [3.05, 3.63) is 48.0 Å². The van der Waals surface area contributed by atoms with Crippen LogP contribution in [0.5, 0.6) is 17.2 Å². The van der Waals surface area contributed by atoms with Crippen LogP contribution in [0.2, 0.25) is 0 Å². The summed E-state index contributed by atoms with van der Waals surface area (Å²) in [5, 5.41) is 5.80. The van der Waals surface area contributed by atoms with E-state index >= 15 is 0 Å². The van der Waals surface area contributed by atoms with Crippen LogP contribution < -0.4 is 24.8 Å². The number of benzene rings is 2. The molecule has 2 rings (SSSR count). The second-order valence-corrected chi connectivity index (χ2v) is 7.31. The Balaban J connectivity index is 2.00. The lowest BCUT2D eigenvalue weighted by Gasteiger charge is -2.27. The summed E-state index contributed by atoms with van der Waals surface area (Å²) < 4.78 is 16.0. The zero-order valence-corrected chi connectivity index (χ0v) is 19.4. The number of rotatable bonds is 12. The number of hydrogen-bond donors (Lipinski definition) is 2. The number of anilines is 1. The third kappa shape index (κ3) is 6.88. The van der Waals surface area contributed by atoms with Crippen LogP contribution in [-0.4, -0.2) is 57.2 Å². The van der Waals surface area contributed by atoms with Gasteiger partial charge in [0, 0.05) is 12.2 Å². The van der Waals surface area contributed by atoms with Gasteiger partial charge in [0.25, 0.3) is 0 Å². The van der Waals surface area contributed by atoms with Crippen molar-refractivity contribution in [3.63, 3.8) is 0 Å². The number of nitrogens with zero attached hydrogens (tertiary/aromatic N) is 1. The van der Waals surface area contributed by atoms with E-state index in [4.69, 9.17) is 14.2 Å². The van der Waals surface area contributed by atoms with Gasteiger partial charge in [-0.05, 0) is 49.7 Å². The number of carbonyl (C=O) groups is 2. The maximum Gasteiger partial charge on any atom is 0.241 e. The van der Waals surface area contributed by atoms with Gasteiger partial charge in [0.1, 0.15) is 0 Å². The molecule has 2 aromatic rings. The fourth-order valence-electron chi connectivity index (χ4n) is 3.31. The molecule has 0 aliphatic heterocycles. The number of carbonyl (C=O) groups excluding carboxylic acids is 2. The molecule has 8 nitrogen and oxygen atoms in total. The molecule has 2 aromatic carbocycles. The number of methoxy groups -OCH3 is 3. The van der Waals surface area contributed by atoms with Crippen LogP contribution in [0.15, 0.2) is 42.5 Å². The second kappa shape index (κ2) is 12.6. The van der Waals surface area contributed by atoms with Gasteiger partial charge in [-0.1, -0.05) is 25.1 Å². The average Bonchev–Trinajstić information content (AvgIpc) is 2.81. The Morgan fingerprint density at radius 2 is 1.62 bits per heavy atom. The van der Waals surface area contributed by atoms with E-state index in [-0.39, 0.29) is 18.4 Å². The van der Waals surface area contributed by atoms with Crippen molar-refractivity contribution in [2.75, 3.05) is 39.7 Å². The summed E-state index contributed by atoms with van der Waals surface area (Å²) in [6.45, 7) is 4.85. The Hall–Kier alpha value is -3.26. The molecule has 0 fully saturated rings. The smallest absolute Gasteiger partial charge is 0.241 e. The molecule has 0 heterocycles. The van der Waals surface area contributed by atoms with Gasteiger partial charge in [0.05, 0.1) is 33.9 Å². The first-order chi connectivity index (χ1) is 15.4. The van der Waals surface area contributed by atoms with Gasteiger partial charge in [-0.3, -0.25) is 14.5 Å². The molecule has 0 saturated heterocycles. The Morgan fingerprint density at radius 3 is 2.16 bits per heavy atom. The zero-order valence-electron chi connectivity index (χ0n) is 19.4. The van der Waals surface area contributed by atoms with Gasteiger partial charge >= 0.3 is 0 Å². The molecule has 174 valence electrons. The molecule has 2 amide bonds. The molecular formula is C24H33N3O5. The number of hydrogen-bond acceptors (Lipinski definition) is 6. The highest BCUT2D eigenvalue weighted by Gasteiger charge is 2.23. The Morgan fingerprint density at radius 1 is 1.00 bits per heavy atom. The van der Waals surface area contributed by atoms with E-state index in [1.165, 1.54) is 0 Å². The molecule has 0 aliphatic rings. The minimum absolute atomic E-state index is 0.113. The molecule has 8 heteroatoms. The van der Waals surface area contributed by atoms with Crippen LogP contribution in [0.1, 0.15) is 25.8 Å². The number of ether oxygens (including phenoxy) is 3. The molecule has 0 aromatic heterocycles. The summed E-state index contributed by atoms with van der Waals surface area (Å²) >= 11 is 0. The van der Waals surface area contributed by atoms with Crippen molar-refractivity contribution in [2.45, 2.75) is 32.9 Å². The highest BCUT2D eigenvalue weighted by atomic mass is 16.5. The lowest BCUT2D eigenvalue weighted by Crippen LogP contribution is -2.47. The Bertz CT molecular complexity index is 863. The molecular weight excluding hydrogens is 410 g/mol. The molecule has 2 N–H and O–H groups in total. The molecule has 0 saturated carbocycles. The second-order valence-electron chi connectivity index (χ2n) is 7.31. The largest absolute Gasteiger partial charge is 0.493 e. The maximum atomic E-state index is 12.7. The van der Waals surface area contributed by atoms with Crippen LogP contribution >= 0.6 is 0 Å². The Labute approximate surface area is 189 Å². The van der Waals surface area contributed by atoms with Crippen molar-refractivity contribution < 1.29 is 23.8 Å². The van der Waals surface area contributed by atoms with Gasteiger partial charge in [0.2, 0.25) is 17.6 Å². The monoisotopic (exact) mass is 443 g/mol. The van der Waals surface area contributed by atoms with Crippen molar-refractivity contribution >= 4 is 17.5 Å². The number of nitrogens with one attached hydrogen (secondary N) is 2. The third-order valence-corrected chi connectivity index (χ3v) is 5.04. The fourth-order valence-corrected chi connectivity index (χ4v) is 3.31. The van der Waals surface area contributed by atoms with E-state index in [9.17, 15) is 9.59 Å². The predicted octanol–water partition coefficient (Wildman–Crippen LogP) is 3.07. The van der Waals surface area contributed by atoms with E-state index in [0.29, 0.717) is 30.3 Å². The van der Waals surface area contributed by atoms with Crippen LogP contribution in [0.25, 0.3) is 0 Å². The zero-order chi connectivity index (χ0) is 23.5. The molecule has 32 heavy (non-hydrogen) atoms. The van der Waals surface area contributed by atoms with Crippen LogP contribution in [0, 0.1) is 0 Å². The average molecular weight is 444 g/mol.